The van der Waals surface area contributed by atoms with Gasteiger partial charge in [-0.2, -0.15) is 0 Å². The van der Waals surface area contributed by atoms with E-state index in [4.69, 9.17) is 10.5 Å². The van der Waals surface area contributed by atoms with Gasteiger partial charge in [0.05, 0.1) is 11.6 Å². The normalized spacial score (nSPS) is 35.8. The van der Waals surface area contributed by atoms with E-state index in [-0.39, 0.29) is 11.6 Å². The van der Waals surface area contributed by atoms with Crippen LogP contribution in [0.15, 0.2) is 0 Å². The highest BCUT2D eigenvalue weighted by Gasteiger charge is 2.39. The number of ether oxygens (including phenoxy) is 1. The Balaban J connectivity index is 2.49. The van der Waals surface area contributed by atoms with Gasteiger partial charge in [-0.25, -0.2) is 0 Å². The molecule has 0 aliphatic carbocycles. The van der Waals surface area contributed by atoms with Gasteiger partial charge >= 0.3 is 0 Å². The number of hydrogen-bond acceptors (Lipinski definition) is 3. The minimum absolute atomic E-state index is 0.0516. The summed E-state index contributed by atoms with van der Waals surface area (Å²) in [6.07, 6.45) is 2.45. The van der Waals surface area contributed by atoms with Crippen molar-refractivity contribution >= 4 is 0 Å². The second-order valence-electron chi connectivity index (χ2n) is 3.55. The molecule has 0 bridgehead atoms. The Kier molecular flexibility index (Phi) is 3.50. The second-order valence-corrected chi connectivity index (χ2v) is 3.55. The van der Waals surface area contributed by atoms with Crippen molar-refractivity contribution < 1.29 is 4.74 Å². The number of nitrogens with two attached hydrogens (primary N) is 1. The molecule has 0 aromatic carbocycles. The Morgan fingerprint density at radius 2 is 2.42 bits per heavy atom. The maximum absolute atomic E-state index is 5.76. The van der Waals surface area contributed by atoms with Crippen molar-refractivity contribution in [3.05, 3.63) is 0 Å². The van der Waals surface area contributed by atoms with E-state index in [0.717, 1.165) is 26.0 Å². The van der Waals surface area contributed by atoms with Crippen molar-refractivity contribution in [2.45, 2.75) is 38.3 Å². The average molecular weight is 172 g/mol. The molecule has 3 N–H and O–H groups in total. The first kappa shape index (κ1) is 9.96. The summed E-state index contributed by atoms with van der Waals surface area (Å²) < 4.78 is 5.51. The van der Waals surface area contributed by atoms with Gasteiger partial charge in [0.1, 0.15) is 0 Å². The van der Waals surface area contributed by atoms with Crippen LogP contribution in [0.1, 0.15) is 26.7 Å². The molecule has 3 nitrogen and oxygen atoms in total. The van der Waals surface area contributed by atoms with Crippen LogP contribution < -0.4 is 11.1 Å². The van der Waals surface area contributed by atoms with Crippen molar-refractivity contribution in [3.8, 4) is 0 Å². The van der Waals surface area contributed by atoms with Gasteiger partial charge in [0.15, 0.2) is 0 Å². The fraction of sp³-hybridized carbons (Fsp3) is 1.00. The van der Waals surface area contributed by atoms with Crippen molar-refractivity contribution in [1.82, 2.24) is 5.32 Å². The zero-order valence-electron chi connectivity index (χ0n) is 8.10. The van der Waals surface area contributed by atoms with Gasteiger partial charge in [0.25, 0.3) is 0 Å². The van der Waals surface area contributed by atoms with Gasteiger partial charge in [-0.15, -0.1) is 0 Å². The Labute approximate surface area is 74.7 Å². The summed E-state index contributed by atoms with van der Waals surface area (Å²) in [6.45, 7) is 6.81. The Morgan fingerprint density at radius 1 is 1.67 bits per heavy atom. The average Bonchev–Trinajstić information content (AvgIpc) is 2.45. The summed E-state index contributed by atoms with van der Waals surface area (Å²) in [5, 5.41) is 3.49. The lowest BCUT2D eigenvalue weighted by Crippen LogP contribution is -2.56. The maximum atomic E-state index is 5.76. The number of hydrogen-bond donors (Lipinski definition) is 2. The van der Waals surface area contributed by atoms with Crippen LogP contribution in [-0.4, -0.2) is 31.3 Å². The standard InChI is InChI=1S/C9H20N2O/c1-3-5-11-9(7-10)4-6-12-8(9)2/h8,11H,3-7,10H2,1-2H3. The molecule has 3 heteroatoms. The SMILES string of the molecule is CCCNC1(CN)CCOC1C. The highest BCUT2D eigenvalue weighted by molar-refractivity contribution is 4.98. The van der Waals surface area contributed by atoms with Crippen molar-refractivity contribution in [1.29, 1.82) is 0 Å². The van der Waals surface area contributed by atoms with Crippen molar-refractivity contribution in [2.24, 2.45) is 5.73 Å². The third-order valence-corrected chi connectivity index (χ3v) is 2.79. The van der Waals surface area contributed by atoms with Gasteiger partial charge in [0, 0.05) is 13.2 Å². The fourth-order valence-electron chi connectivity index (χ4n) is 1.73. The molecule has 0 radical (unpaired) electrons. The predicted molar refractivity (Wildman–Crippen MR) is 50.1 cm³/mol. The topological polar surface area (TPSA) is 47.3 Å². The maximum Gasteiger partial charge on any atom is 0.0741 e. The molecule has 1 aliphatic heterocycles. The van der Waals surface area contributed by atoms with E-state index in [1.807, 2.05) is 0 Å². The molecule has 0 spiro atoms. The van der Waals surface area contributed by atoms with Gasteiger partial charge in [-0.1, -0.05) is 6.92 Å². The Hall–Kier alpha value is -0.120. The summed E-state index contributed by atoms with van der Waals surface area (Å²) in [5.74, 6) is 0. The molecule has 0 aromatic rings. The zero-order valence-corrected chi connectivity index (χ0v) is 8.10. The molecule has 12 heavy (non-hydrogen) atoms. The van der Waals surface area contributed by atoms with Crippen LogP contribution >= 0.6 is 0 Å². The molecule has 1 aliphatic rings. The third kappa shape index (κ3) is 1.79. The number of nitrogens with one attached hydrogen (secondary N) is 1. The quantitative estimate of drug-likeness (QED) is 0.649. The molecule has 2 atom stereocenters. The minimum Gasteiger partial charge on any atom is -0.376 e. The molecule has 1 rings (SSSR count). The van der Waals surface area contributed by atoms with E-state index in [9.17, 15) is 0 Å². The van der Waals surface area contributed by atoms with Crippen LogP contribution in [0.5, 0.6) is 0 Å². The van der Waals surface area contributed by atoms with Gasteiger partial charge in [-0.05, 0) is 26.3 Å². The lowest BCUT2D eigenvalue weighted by Gasteiger charge is -2.31. The largest absolute Gasteiger partial charge is 0.376 e. The minimum atomic E-state index is 0.0516. The molecule has 2 unspecified atom stereocenters. The zero-order chi connectivity index (χ0) is 9.03. The molecule has 0 aromatic heterocycles. The highest BCUT2D eigenvalue weighted by atomic mass is 16.5. The molecule has 1 heterocycles. The van der Waals surface area contributed by atoms with Crippen molar-refractivity contribution in [2.75, 3.05) is 19.7 Å². The molecule has 0 amide bonds. The first-order valence-corrected chi connectivity index (χ1v) is 4.82. The molecule has 1 saturated heterocycles. The fourth-order valence-corrected chi connectivity index (χ4v) is 1.73. The summed E-state index contributed by atoms with van der Waals surface area (Å²) in [6, 6.07) is 0. The lowest BCUT2D eigenvalue weighted by molar-refractivity contribution is 0.0855. The highest BCUT2D eigenvalue weighted by Crippen LogP contribution is 2.24. The first-order valence-electron chi connectivity index (χ1n) is 4.82. The van der Waals surface area contributed by atoms with E-state index < -0.39 is 0 Å². The summed E-state index contributed by atoms with van der Waals surface area (Å²) >= 11 is 0. The van der Waals surface area contributed by atoms with Gasteiger partial charge in [0.2, 0.25) is 0 Å². The Bertz CT molecular complexity index is 140. The first-order chi connectivity index (χ1) is 5.75. The van der Waals surface area contributed by atoms with E-state index in [0.29, 0.717) is 6.54 Å². The molecule has 0 saturated carbocycles. The van der Waals surface area contributed by atoms with Gasteiger partial charge in [-0.3, -0.25) is 0 Å². The predicted octanol–water partition coefficient (Wildman–Crippen LogP) is 0.492. The molecule has 1 fully saturated rings. The summed E-state index contributed by atoms with van der Waals surface area (Å²) in [5.41, 5.74) is 5.81. The molecular weight excluding hydrogens is 152 g/mol. The smallest absolute Gasteiger partial charge is 0.0741 e. The summed E-state index contributed by atoms with van der Waals surface area (Å²) in [7, 11) is 0. The van der Waals surface area contributed by atoms with Crippen molar-refractivity contribution in [3.63, 3.8) is 0 Å². The summed E-state index contributed by atoms with van der Waals surface area (Å²) in [4.78, 5) is 0. The van der Waals surface area contributed by atoms with Crippen LogP contribution in [0.25, 0.3) is 0 Å². The van der Waals surface area contributed by atoms with E-state index in [2.05, 4.69) is 19.2 Å². The van der Waals surface area contributed by atoms with E-state index in [1.54, 1.807) is 0 Å². The second kappa shape index (κ2) is 4.21. The molecular formula is C9H20N2O. The lowest BCUT2D eigenvalue weighted by atomic mass is 9.92. The third-order valence-electron chi connectivity index (χ3n) is 2.79. The Morgan fingerprint density at radius 3 is 2.83 bits per heavy atom. The van der Waals surface area contributed by atoms with E-state index in [1.165, 1.54) is 0 Å². The van der Waals surface area contributed by atoms with Crippen LogP contribution in [0.4, 0.5) is 0 Å². The van der Waals surface area contributed by atoms with Crippen LogP contribution in [-0.2, 0) is 4.74 Å². The van der Waals surface area contributed by atoms with Crippen LogP contribution in [0.3, 0.4) is 0 Å². The number of rotatable bonds is 4. The van der Waals surface area contributed by atoms with Crippen LogP contribution in [0.2, 0.25) is 0 Å². The van der Waals surface area contributed by atoms with Gasteiger partial charge < -0.3 is 15.8 Å². The monoisotopic (exact) mass is 172 g/mol. The molecule has 72 valence electrons. The van der Waals surface area contributed by atoms with E-state index >= 15 is 0 Å². The van der Waals surface area contributed by atoms with Crippen LogP contribution in [0, 0.1) is 0 Å².